The van der Waals surface area contributed by atoms with E-state index in [0.29, 0.717) is 11.3 Å². The number of carbonyl (C=O) groups is 1. The Kier molecular flexibility index (Phi) is 6.43. The van der Waals surface area contributed by atoms with Gasteiger partial charge in [0.05, 0.1) is 23.1 Å². The van der Waals surface area contributed by atoms with E-state index in [1.807, 2.05) is 20.8 Å². The summed E-state index contributed by atoms with van der Waals surface area (Å²) in [5, 5.41) is 10.9. The number of amides is 1. The van der Waals surface area contributed by atoms with Crippen LogP contribution in [0.2, 0.25) is 5.15 Å². The summed E-state index contributed by atoms with van der Waals surface area (Å²) < 4.78 is 35.5. The molecule has 0 unspecified atom stereocenters. The van der Waals surface area contributed by atoms with Gasteiger partial charge in [-0.1, -0.05) is 17.7 Å². The zero-order chi connectivity index (χ0) is 23.8. The Hall–Kier alpha value is -2.94. The molecule has 33 heavy (non-hydrogen) atoms. The second-order valence-corrected chi connectivity index (χ2v) is 9.58. The molecule has 1 aliphatic carbocycles. The highest BCUT2D eigenvalue weighted by atomic mass is 35.5. The predicted octanol–water partition coefficient (Wildman–Crippen LogP) is 5.58. The molecule has 2 heterocycles. The maximum Gasteiger partial charge on any atom is 0.407 e. The standard InChI is InChI=1S/C23H26ClF2N5O2/c1-23(2,3)33-22(32)29-14-9-7-13(8-10-14)28-18-11-17(20-15(25)5-4-6-16(20)26)30-31-19(24)12-27-21(18)31/h4-6,11-14,28H,7-10H2,1-3H3,(H,29,32). The van der Waals surface area contributed by atoms with Crippen LogP contribution in [-0.2, 0) is 4.74 Å². The fourth-order valence-electron chi connectivity index (χ4n) is 3.99. The summed E-state index contributed by atoms with van der Waals surface area (Å²) in [6.07, 6.45) is 4.13. The van der Waals surface area contributed by atoms with Crippen LogP contribution in [0.4, 0.5) is 19.3 Å². The second kappa shape index (κ2) is 9.13. The van der Waals surface area contributed by atoms with Crippen LogP contribution in [0.3, 0.4) is 0 Å². The first-order valence-corrected chi connectivity index (χ1v) is 11.2. The van der Waals surface area contributed by atoms with Crippen molar-refractivity contribution in [2.45, 2.75) is 64.1 Å². The molecule has 1 amide bonds. The van der Waals surface area contributed by atoms with Crippen LogP contribution >= 0.6 is 11.6 Å². The number of hydrogen-bond acceptors (Lipinski definition) is 5. The van der Waals surface area contributed by atoms with Crippen molar-refractivity contribution in [3.63, 3.8) is 0 Å². The number of nitrogens with zero attached hydrogens (tertiary/aromatic N) is 3. The molecule has 7 nitrogen and oxygen atoms in total. The van der Waals surface area contributed by atoms with E-state index in [2.05, 4.69) is 20.7 Å². The van der Waals surface area contributed by atoms with Crippen LogP contribution in [-0.4, -0.2) is 38.4 Å². The number of carbonyl (C=O) groups excluding carboxylic acids is 1. The Bertz CT molecular complexity index is 1150. The molecule has 0 aliphatic heterocycles. The molecule has 0 radical (unpaired) electrons. The number of halogens is 3. The highest BCUT2D eigenvalue weighted by molar-refractivity contribution is 6.29. The fraction of sp³-hybridized carbons (Fsp3) is 0.435. The number of anilines is 1. The first-order valence-electron chi connectivity index (χ1n) is 10.9. The van der Waals surface area contributed by atoms with Crippen LogP contribution in [0.15, 0.2) is 30.5 Å². The fourth-order valence-corrected chi connectivity index (χ4v) is 4.16. The molecule has 1 fully saturated rings. The van der Waals surface area contributed by atoms with Crippen molar-refractivity contribution < 1.29 is 18.3 Å². The summed E-state index contributed by atoms with van der Waals surface area (Å²) in [6, 6.07) is 5.38. The summed E-state index contributed by atoms with van der Waals surface area (Å²) in [4.78, 5) is 16.3. The van der Waals surface area contributed by atoms with Gasteiger partial charge in [0.15, 0.2) is 10.8 Å². The number of aromatic nitrogens is 3. The third-order valence-electron chi connectivity index (χ3n) is 5.45. The van der Waals surface area contributed by atoms with Gasteiger partial charge in [-0.3, -0.25) is 0 Å². The predicted molar refractivity (Wildman–Crippen MR) is 122 cm³/mol. The van der Waals surface area contributed by atoms with Crippen molar-refractivity contribution in [3.05, 3.63) is 47.2 Å². The minimum atomic E-state index is -0.710. The molecule has 176 valence electrons. The van der Waals surface area contributed by atoms with Gasteiger partial charge in [0.1, 0.15) is 17.2 Å². The summed E-state index contributed by atoms with van der Waals surface area (Å²) in [5.74, 6) is -1.42. The van der Waals surface area contributed by atoms with Crippen LogP contribution in [0.5, 0.6) is 0 Å². The van der Waals surface area contributed by atoms with Crippen molar-refractivity contribution in [3.8, 4) is 11.3 Å². The number of hydrogen-bond donors (Lipinski definition) is 2. The highest BCUT2D eigenvalue weighted by Gasteiger charge is 2.26. The van der Waals surface area contributed by atoms with Crippen molar-refractivity contribution in [1.82, 2.24) is 19.9 Å². The van der Waals surface area contributed by atoms with E-state index >= 15 is 0 Å². The lowest BCUT2D eigenvalue weighted by Gasteiger charge is -2.31. The van der Waals surface area contributed by atoms with Gasteiger partial charge in [-0.15, -0.1) is 0 Å². The summed E-state index contributed by atoms with van der Waals surface area (Å²) in [6.45, 7) is 5.48. The van der Waals surface area contributed by atoms with Gasteiger partial charge >= 0.3 is 6.09 Å². The van der Waals surface area contributed by atoms with Crippen LogP contribution < -0.4 is 10.6 Å². The molecule has 10 heteroatoms. The lowest BCUT2D eigenvalue weighted by molar-refractivity contribution is 0.0492. The van der Waals surface area contributed by atoms with Gasteiger partial charge in [-0.25, -0.2) is 18.6 Å². The van der Waals surface area contributed by atoms with Gasteiger partial charge in [0, 0.05) is 12.1 Å². The minimum absolute atomic E-state index is 0.0271. The van der Waals surface area contributed by atoms with E-state index in [4.69, 9.17) is 16.3 Å². The number of ether oxygens (including phenoxy) is 1. The normalized spacial score (nSPS) is 18.8. The van der Waals surface area contributed by atoms with E-state index in [-0.39, 0.29) is 28.5 Å². The molecule has 0 saturated heterocycles. The van der Waals surface area contributed by atoms with Gasteiger partial charge in [0.25, 0.3) is 0 Å². The third-order valence-corrected chi connectivity index (χ3v) is 5.71. The Morgan fingerprint density at radius 3 is 2.42 bits per heavy atom. The molecule has 0 atom stereocenters. The Morgan fingerprint density at radius 1 is 1.15 bits per heavy atom. The number of nitrogens with one attached hydrogen (secondary N) is 2. The number of alkyl carbamates (subject to hydrolysis) is 1. The largest absolute Gasteiger partial charge is 0.444 e. The van der Waals surface area contributed by atoms with Crippen molar-refractivity contribution in [2.75, 3.05) is 5.32 Å². The lowest BCUT2D eigenvalue weighted by atomic mass is 9.91. The Balaban J connectivity index is 1.51. The molecule has 1 aromatic carbocycles. The molecule has 4 rings (SSSR count). The highest BCUT2D eigenvalue weighted by Crippen LogP contribution is 2.31. The van der Waals surface area contributed by atoms with E-state index in [1.54, 1.807) is 6.07 Å². The molecular formula is C23H26ClF2N5O2. The Labute approximate surface area is 195 Å². The van der Waals surface area contributed by atoms with E-state index in [0.717, 1.165) is 25.7 Å². The SMILES string of the molecule is CC(C)(C)OC(=O)NC1CCC(Nc2cc(-c3c(F)cccc3F)nn3c(Cl)cnc23)CC1. The Morgan fingerprint density at radius 2 is 1.79 bits per heavy atom. The molecule has 2 N–H and O–H groups in total. The van der Waals surface area contributed by atoms with Crippen LogP contribution in [0.1, 0.15) is 46.5 Å². The second-order valence-electron chi connectivity index (χ2n) is 9.20. The van der Waals surface area contributed by atoms with Crippen molar-refractivity contribution in [2.24, 2.45) is 0 Å². The lowest BCUT2D eigenvalue weighted by Crippen LogP contribution is -2.42. The maximum atomic E-state index is 14.4. The number of rotatable bonds is 4. The maximum absolute atomic E-state index is 14.4. The topological polar surface area (TPSA) is 80.5 Å². The van der Waals surface area contributed by atoms with Gasteiger partial charge < -0.3 is 15.4 Å². The summed E-state index contributed by atoms with van der Waals surface area (Å²) in [7, 11) is 0. The number of benzene rings is 1. The number of fused-ring (bicyclic) bond motifs is 1. The number of imidazole rings is 1. The van der Waals surface area contributed by atoms with Gasteiger partial charge in [-0.2, -0.15) is 9.61 Å². The van der Waals surface area contributed by atoms with Crippen molar-refractivity contribution >= 4 is 29.0 Å². The van der Waals surface area contributed by atoms with Crippen LogP contribution in [0, 0.1) is 11.6 Å². The molecule has 0 bridgehead atoms. The zero-order valence-corrected chi connectivity index (χ0v) is 19.4. The monoisotopic (exact) mass is 477 g/mol. The first-order chi connectivity index (χ1) is 15.6. The molecule has 1 aliphatic rings. The average Bonchev–Trinajstić information content (AvgIpc) is 3.09. The smallest absolute Gasteiger partial charge is 0.407 e. The molecular weight excluding hydrogens is 452 g/mol. The van der Waals surface area contributed by atoms with E-state index in [1.165, 1.54) is 28.9 Å². The van der Waals surface area contributed by atoms with E-state index < -0.39 is 23.3 Å². The zero-order valence-electron chi connectivity index (χ0n) is 18.7. The molecule has 0 spiro atoms. The summed E-state index contributed by atoms with van der Waals surface area (Å²) in [5.41, 5.74) is 0.391. The van der Waals surface area contributed by atoms with Gasteiger partial charge in [-0.05, 0) is 64.7 Å². The van der Waals surface area contributed by atoms with Crippen molar-refractivity contribution in [1.29, 1.82) is 0 Å². The minimum Gasteiger partial charge on any atom is -0.444 e. The molecule has 1 saturated carbocycles. The first kappa shape index (κ1) is 23.2. The molecule has 3 aromatic rings. The third kappa shape index (κ3) is 5.35. The average molecular weight is 478 g/mol. The summed E-state index contributed by atoms with van der Waals surface area (Å²) >= 11 is 6.21. The van der Waals surface area contributed by atoms with E-state index in [9.17, 15) is 13.6 Å². The quantitative estimate of drug-likeness (QED) is 0.513. The van der Waals surface area contributed by atoms with Crippen LogP contribution in [0.25, 0.3) is 16.9 Å². The molecule has 2 aromatic heterocycles. The van der Waals surface area contributed by atoms with Gasteiger partial charge in [0.2, 0.25) is 0 Å².